The second kappa shape index (κ2) is 8.43. The van der Waals surface area contributed by atoms with E-state index in [9.17, 15) is 13.2 Å². The van der Waals surface area contributed by atoms with E-state index in [2.05, 4.69) is 6.08 Å². The van der Waals surface area contributed by atoms with E-state index >= 15 is 0 Å². The van der Waals surface area contributed by atoms with Crippen LogP contribution in [0.1, 0.15) is 24.8 Å². The molecule has 0 heterocycles. The molecule has 0 aliphatic heterocycles. The van der Waals surface area contributed by atoms with Crippen LogP contribution in [0.3, 0.4) is 0 Å². The number of hydrogen-bond acceptors (Lipinski definition) is 0. The van der Waals surface area contributed by atoms with Crippen LogP contribution in [0.4, 0.5) is 13.2 Å². The third-order valence-electron chi connectivity index (χ3n) is 2.54. The lowest BCUT2D eigenvalue weighted by Crippen LogP contribution is -2.16. The van der Waals surface area contributed by atoms with Gasteiger partial charge in [0.15, 0.2) is 0 Å². The molecule has 0 N–H and O–H groups in total. The van der Waals surface area contributed by atoms with Gasteiger partial charge in [0.1, 0.15) is 0 Å². The van der Waals surface area contributed by atoms with Crippen LogP contribution in [0.25, 0.3) is 0 Å². The molecule has 0 unspecified atom stereocenters. The molecule has 0 bridgehead atoms. The van der Waals surface area contributed by atoms with Crippen LogP contribution in [-0.4, -0.2) is 15.4 Å². The highest BCUT2D eigenvalue weighted by atomic mass is 35.5. The van der Waals surface area contributed by atoms with Crippen LogP contribution in [0, 0.1) is 0 Å². The van der Waals surface area contributed by atoms with Crippen molar-refractivity contribution in [3.05, 3.63) is 42.0 Å². The van der Waals surface area contributed by atoms with Gasteiger partial charge in [0.05, 0.1) is 15.1 Å². The molecule has 1 aromatic carbocycles. The SMILES string of the molecule is FC(F)(F)c1cccc([Si]CC=CCCCCCl)c1. The number of alkyl halides is 4. The zero-order chi connectivity index (χ0) is 14.1. The Morgan fingerprint density at radius 3 is 2.63 bits per heavy atom. The van der Waals surface area contributed by atoms with E-state index in [0.29, 0.717) is 15.4 Å². The minimum atomic E-state index is -4.25. The minimum absolute atomic E-state index is 0.379. The van der Waals surface area contributed by atoms with E-state index in [0.717, 1.165) is 36.6 Å². The number of allylic oxidation sites excluding steroid dienone is 2. The molecule has 0 aliphatic rings. The molecule has 104 valence electrons. The van der Waals surface area contributed by atoms with Gasteiger partial charge in [-0.25, -0.2) is 0 Å². The molecule has 0 amide bonds. The highest BCUT2D eigenvalue weighted by Gasteiger charge is 2.30. The summed E-state index contributed by atoms with van der Waals surface area (Å²) in [6, 6.07) is 6.35. The van der Waals surface area contributed by atoms with Gasteiger partial charge in [-0.1, -0.05) is 41.6 Å². The first-order chi connectivity index (χ1) is 9.04. The standard InChI is InChI=1S/C14H16ClF3Si/c15-9-4-2-1-3-5-10-19-13-8-6-7-12(11-13)14(16,17)18/h3,5-8,11H,1-2,4,9-10H2. The first-order valence-electron chi connectivity index (χ1n) is 6.16. The number of unbranched alkanes of at least 4 members (excludes halogenated alkanes) is 2. The van der Waals surface area contributed by atoms with Crippen molar-refractivity contribution >= 4 is 26.3 Å². The molecule has 0 fully saturated rings. The summed E-state index contributed by atoms with van der Waals surface area (Å²) in [5.41, 5.74) is -0.566. The van der Waals surface area contributed by atoms with Gasteiger partial charge in [-0.3, -0.25) is 0 Å². The van der Waals surface area contributed by atoms with Crippen LogP contribution < -0.4 is 5.19 Å². The Balaban J connectivity index is 2.37. The maximum absolute atomic E-state index is 12.5. The molecule has 0 saturated heterocycles. The fraction of sp³-hybridized carbons (Fsp3) is 0.429. The summed E-state index contributed by atoms with van der Waals surface area (Å²) in [6.07, 6.45) is 2.91. The molecule has 0 saturated carbocycles. The van der Waals surface area contributed by atoms with Crippen molar-refractivity contribution in [1.29, 1.82) is 0 Å². The summed E-state index contributed by atoms with van der Waals surface area (Å²) in [5, 5.41) is 0.750. The Bertz CT molecular complexity index is 402. The van der Waals surface area contributed by atoms with Crippen LogP contribution in [0.5, 0.6) is 0 Å². The zero-order valence-corrected chi connectivity index (χ0v) is 12.3. The predicted octanol–water partition coefficient (Wildman–Crippen LogP) is 4.42. The molecule has 19 heavy (non-hydrogen) atoms. The summed E-state index contributed by atoms with van der Waals surface area (Å²) >= 11 is 5.56. The molecule has 0 nitrogen and oxygen atoms in total. The largest absolute Gasteiger partial charge is 0.416 e. The molecular formula is C14H16ClF3Si. The maximum Gasteiger partial charge on any atom is 0.416 e. The Kier molecular flexibility index (Phi) is 7.24. The Morgan fingerprint density at radius 1 is 1.16 bits per heavy atom. The van der Waals surface area contributed by atoms with E-state index in [1.165, 1.54) is 12.1 Å². The summed E-state index contributed by atoms with van der Waals surface area (Å²) in [5.74, 6) is 0.680. The monoisotopic (exact) mass is 304 g/mol. The summed E-state index contributed by atoms with van der Waals surface area (Å²) in [4.78, 5) is 0. The highest BCUT2D eigenvalue weighted by molar-refractivity contribution is 6.53. The first kappa shape index (κ1) is 16.3. The summed E-state index contributed by atoms with van der Waals surface area (Å²) < 4.78 is 37.5. The van der Waals surface area contributed by atoms with Crippen molar-refractivity contribution in [3.8, 4) is 0 Å². The molecule has 0 aliphatic carbocycles. The van der Waals surface area contributed by atoms with Gasteiger partial charge in [-0.05, 0) is 25.3 Å². The Morgan fingerprint density at radius 2 is 1.95 bits per heavy atom. The molecule has 0 atom stereocenters. The van der Waals surface area contributed by atoms with Crippen molar-refractivity contribution in [2.75, 3.05) is 5.88 Å². The number of benzene rings is 1. The second-order valence-corrected chi connectivity index (χ2v) is 5.83. The van der Waals surface area contributed by atoms with Gasteiger partial charge >= 0.3 is 6.18 Å². The van der Waals surface area contributed by atoms with Crippen molar-refractivity contribution in [3.63, 3.8) is 0 Å². The van der Waals surface area contributed by atoms with Crippen molar-refractivity contribution in [2.24, 2.45) is 0 Å². The van der Waals surface area contributed by atoms with Crippen LogP contribution in [0.2, 0.25) is 6.04 Å². The number of hydrogen-bond donors (Lipinski definition) is 0. The van der Waals surface area contributed by atoms with Crippen molar-refractivity contribution < 1.29 is 13.2 Å². The third kappa shape index (κ3) is 6.83. The molecule has 2 radical (unpaired) electrons. The predicted molar refractivity (Wildman–Crippen MR) is 75.4 cm³/mol. The van der Waals surface area contributed by atoms with E-state index in [1.807, 2.05) is 6.08 Å². The van der Waals surface area contributed by atoms with Gasteiger partial charge in [0.25, 0.3) is 0 Å². The van der Waals surface area contributed by atoms with E-state index < -0.39 is 11.7 Å². The third-order valence-corrected chi connectivity index (χ3v) is 3.96. The number of rotatable bonds is 7. The van der Waals surface area contributed by atoms with Crippen molar-refractivity contribution in [2.45, 2.75) is 31.5 Å². The zero-order valence-electron chi connectivity index (χ0n) is 10.5. The first-order valence-corrected chi connectivity index (χ1v) is 7.90. The Labute approximate surface area is 119 Å². The molecular weight excluding hydrogens is 289 g/mol. The topological polar surface area (TPSA) is 0 Å². The minimum Gasteiger partial charge on any atom is -0.166 e. The van der Waals surface area contributed by atoms with Crippen LogP contribution >= 0.6 is 11.6 Å². The molecule has 1 aromatic rings. The second-order valence-electron chi connectivity index (χ2n) is 4.12. The molecule has 5 heteroatoms. The quantitative estimate of drug-likeness (QED) is 0.303. The average molecular weight is 305 g/mol. The summed E-state index contributed by atoms with van der Waals surface area (Å²) in [6.45, 7) is 0. The molecule has 1 rings (SSSR count). The van der Waals surface area contributed by atoms with E-state index in [4.69, 9.17) is 11.6 Å². The lowest BCUT2D eigenvalue weighted by atomic mass is 10.2. The normalized spacial score (nSPS) is 12.2. The van der Waals surface area contributed by atoms with Gasteiger partial charge in [0, 0.05) is 5.88 Å². The molecule has 0 aromatic heterocycles. The lowest BCUT2D eigenvalue weighted by Gasteiger charge is -2.07. The van der Waals surface area contributed by atoms with Gasteiger partial charge < -0.3 is 0 Å². The van der Waals surface area contributed by atoms with Gasteiger partial charge in [0.2, 0.25) is 0 Å². The van der Waals surface area contributed by atoms with Crippen LogP contribution in [-0.2, 0) is 6.18 Å². The van der Waals surface area contributed by atoms with Gasteiger partial charge in [-0.15, -0.1) is 11.6 Å². The summed E-state index contributed by atoms with van der Waals surface area (Å²) in [7, 11) is 0.379. The molecule has 0 spiro atoms. The van der Waals surface area contributed by atoms with Crippen LogP contribution in [0.15, 0.2) is 36.4 Å². The fourth-order valence-corrected chi connectivity index (χ4v) is 2.72. The lowest BCUT2D eigenvalue weighted by molar-refractivity contribution is -0.137. The maximum atomic E-state index is 12.5. The Hall–Kier alpha value is -0.743. The average Bonchev–Trinajstić information content (AvgIpc) is 2.37. The van der Waals surface area contributed by atoms with Gasteiger partial charge in [-0.2, -0.15) is 13.2 Å². The number of halogens is 4. The van der Waals surface area contributed by atoms with E-state index in [-0.39, 0.29) is 0 Å². The highest BCUT2D eigenvalue weighted by Crippen LogP contribution is 2.28. The smallest absolute Gasteiger partial charge is 0.166 e. The fourth-order valence-electron chi connectivity index (χ4n) is 1.54. The van der Waals surface area contributed by atoms with Crippen molar-refractivity contribution in [1.82, 2.24) is 0 Å². The van der Waals surface area contributed by atoms with E-state index in [1.54, 1.807) is 6.07 Å².